The normalized spacial score (nSPS) is 13.4. The second kappa shape index (κ2) is 9.86. The molecule has 174 valence electrons. The van der Waals surface area contributed by atoms with Crippen molar-refractivity contribution in [2.45, 2.75) is 18.0 Å². The minimum atomic E-state index is -0.202. The molecular weight excluding hydrogens is 468 g/mol. The first-order chi connectivity index (χ1) is 16.5. The lowest BCUT2D eigenvalue weighted by Gasteiger charge is -2.11. The van der Waals surface area contributed by atoms with Crippen LogP contribution >= 0.6 is 23.1 Å². The van der Waals surface area contributed by atoms with Gasteiger partial charge in [-0.25, -0.2) is 9.97 Å². The number of thiazole rings is 1. The van der Waals surface area contributed by atoms with E-state index in [9.17, 15) is 9.59 Å². The molecule has 8 nitrogen and oxygen atoms in total. The molecule has 1 fully saturated rings. The molecule has 5 rings (SSSR count). The zero-order valence-corrected chi connectivity index (χ0v) is 20.3. The van der Waals surface area contributed by atoms with E-state index >= 15 is 0 Å². The molecule has 2 aromatic carbocycles. The van der Waals surface area contributed by atoms with Crippen LogP contribution in [0.4, 0.5) is 16.5 Å². The Labute approximate surface area is 205 Å². The summed E-state index contributed by atoms with van der Waals surface area (Å²) in [6.45, 7) is 2.12. The summed E-state index contributed by atoms with van der Waals surface area (Å²) in [6.07, 6.45) is 5.96. The zero-order valence-electron chi connectivity index (χ0n) is 18.7. The molecule has 10 heteroatoms. The number of fused-ring (bicyclic) bond motifs is 1. The average molecular weight is 493 g/mol. The largest absolute Gasteiger partial charge is 0.348 e. The van der Waals surface area contributed by atoms with Gasteiger partial charge >= 0.3 is 0 Å². The summed E-state index contributed by atoms with van der Waals surface area (Å²) >= 11 is 3.03. The Bertz CT molecular complexity index is 1330. The van der Waals surface area contributed by atoms with Crippen LogP contribution in [0.2, 0.25) is 0 Å². The maximum absolute atomic E-state index is 12.7. The molecule has 1 saturated heterocycles. The number of carbonyl (C=O) groups is 2. The van der Waals surface area contributed by atoms with Crippen LogP contribution in [-0.2, 0) is 11.8 Å². The van der Waals surface area contributed by atoms with E-state index in [0.717, 1.165) is 39.3 Å². The van der Waals surface area contributed by atoms with Gasteiger partial charge in [0.05, 0.1) is 16.0 Å². The van der Waals surface area contributed by atoms with E-state index in [2.05, 4.69) is 20.5 Å². The predicted molar refractivity (Wildman–Crippen MR) is 138 cm³/mol. The first kappa shape index (κ1) is 22.4. The predicted octanol–water partition coefficient (Wildman–Crippen LogP) is 4.61. The van der Waals surface area contributed by atoms with Crippen molar-refractivity contribution < 1.29 is 9.59 Å². The number of aromatic nitrogens is 3. The van der Waals surface area contributed by atoms with Crippen LogP contribution in [0.5, 0.6) is 0 Å². The van der Waals surface area contributed by atoms with Crippen molar-refractivity contribution in [1.29, 1.82) is 0 Å². The van der Waals surface area contributed by atoms with Crippen molar-refractivity contribution in [3.05, 3.63) is 60.4 Å². The summed E-state index contributed by atoms with van der Waals surface area (Å²) in [5.74, 6) is -0.0738. The topological polar surface area (TPSA) is 92.1 Å². The van der Waals surface area contributed by atoms with E-state index in [1.54, 1.807) is 41.8 Å². The zero-order chi connectivity index (χ0) is 23.5. The fourth-order valence-electron chi connectivity index (χ4n) is 3.76. The molecule has 0 radical (unpaired) electrons. The number of nitrogens with one attached hydrogen (secondary N) is 2. The fraction of sp³-hybridized carbons (Fsp3) is 0.250. The number of amides is 2. The highest BCUT2D eigenvalue weighted by atomic mass is 32.2. The Kier molecular flexibility index (Phi) is 6.50. The number of hydrogen-bond donors (Lipinski definition) is 2. The number of nitrogens with zero attached hydrogens (tertiary/aromatic N) is 4. The number of imidazole rings is 1. The van der Waals surface area contributed by atoms with E-state index in [1.807, 2.05) is 36.0 Å². The van der Waals surface area contributed by atoms with Gasteiger partial charge < -0.3 is 20.1 Å². The summed E-state index contributed by atoms with van der Waals surface area (Å²) in [6, 6.07) is 12.7. The molecule has 34 heavy (non-hydrogen) atoms. The Balaban J connectivity index is 1.18. The highest BCUT2D eigenvalue weighted by Gasteiger charge is 2.17. The van der Waals surface area contributed by atoms with Crippen molar-refractivity contribution in [2.24, 2.45) is 7.05 Å². The van der Waals surface area contributed by atoms with Crippen LogP contribution in [-0.4, -0.2) is 45.2 Å². The van der Waals surface area contributed by atoms with Crippen molar-refractivity contribution in [2.75, 3.05) is 34.4 Å². The second-order valence-electron chi connectivity index (χ2n) is 8.06. The van der Waals surface area contributed by atoms with Crippen molar-refractivity contribution in [1.82, 2.24) is 14.5 Å². The molecule has 4 aromatic rings. The standard InChI is InChI=1S/C24H24N6O2S2/c1-29-13-10-25-23(29)33-15-21(31)26-17-6-4-16(5-7-17)22(32)27-18-8-9-19-20(14-18)34-24(28-19)30-11-2-3-12-30/h4-10,13-14H,2-3,11-12,15H2,1H3,(H,26,31)(H,27,32). The number of thioether (sulfide) groups is 1. The SMILES string of the molecule is Cn1ccnc1SCC(=O)Nc1ccc(C(=O)Nc2ccc3nc(N4CCCC4)sc3c2)cc1. The minimum absolute atomic E-state index is 0.128. The third-order valence-electron chi connectivity index (χ3n) is 5.55. The molecule has 1 aliphatic rings. The van der Waals surface area contributed by atoms with Gasteiger partial charge in [0.2, 0.25) is 5.91 Å². The molecule has 2 aromatic heterocycles. The molecule has 2 N–H and O–H groups in total. The van der Waals surface area contributed by atoms with Gasteiger partial charge in [0.25, 0.3) is 5.91 Å². The van der Waals surface area contributed by atoms with E-state index in [-0.39, 0.29) is 17.6 Å². The van der Waals surface area contributed by atoms with Gasteiger partial charge in [-0.3, -0.25) is 9.59 Å². The number of benzene rings is 2. The summed E-state index contributed by atoms with van der Waals surface area (Å²) in [5, 5.41) is 7.64. The molecule has 0 spiro atoms. The summed E-state index contributed by atoms with van der Waals surface area (Å²) in [5.41, 5.74) is 2.84. The average Bonchev–Trinajstić information content (AvgIpc) is 3.59. The first-order valence-electron chi connectivity index (χ1n) is 11.0. The van der Waals surface area contributed by atoms with E-state index < -0.39 is 0 Å². The molecule has 0 aliphatic carbocycles. The van der Waals surface area contributed by atoms with E-state index in [4.69, 9.17) is 4.98 Å². The van der Waals surface area contributed by atoms with Crippen LogP contribution in [0, 0.1) is 0 Å². The number of anilines is 3. The molecule has 2 amide bonds. The number of rotatable bonds is 7. The van der Waals surface area contributed by atoms with Gasteiger partial charge in [-0.15, -0.1) is 0 Å². The molecule has 0 atom stereocenters. The second-order valence-corrected chi connectivity index (χ2v) is 10.0. The van der Waals surface area contributed by atoms with Gasteiger partial charge in [0.15, 0.2) is 10.3 Å². The van der Waals surface area contributed by atoms with E-state index in [1.165, 1.54) is 24.6 Å². The molecular formula is C24H24N6O2S2. The Hall–Kier alpha value is -3.37. The van der Waals surface area contributed by atoms with E-state index in [0.29, 0.717) is 11.3 Å². The van der Waals surface area contributed by atoms with Gasteiger partial charge in [-0.1, -0.05) is 23.1 Å². The molecule has 0 bridgehead atoms. The maximum Gasteiger partial charge on any atom is 0.255 e. The Morgan fingerprint density at radius 2 is 1.82 bits per heavy atom. The Morgan fingerprint density at radius 1 is 1.06 bits per heavy atom. The van der Waals surface area contributed by atoms with Crippen molar-refractivity contribution in [3.63, 3.8) is 0 Å². The fourth-order valence-corrected chi connectivity index (χ4v) is 5.55. The first-order valence-corrected chi connectivity index (χ1v) is 12.8. The number of aryl methyl sites for hydroxylation is 1. The van der Waals surface area contributed by atoms with Gasteiger partial charge in [-0.2, -0.15) is 0 Å². The van der Waals surface area contributed by atoms with Gasteiger partial charge in [-0.05, 0) is 55.3 Å². The molecule has 0 saturated carbocycles. The number of hydrogen-bond acceptors (Lipinski definition) is 7. The van der Waals surface area contributed by atoms with Crippen LogP contribution < -0.4 is 15.5 Å². The lowest BCUT2D eigenvalue weighted by molar-refractivity contribution is -0.113. The molecule has 3 heterocycles. The van der Waals surface area contributed by atoms with Crippen LogP contribution in [0.15, 0.2) is 60.0 Å². The third kappa shape index (κ3) is 5.07. The number of carbonyl (C=O) groups excluding carboxylic acids is 2. The van der Waals surface area contributed by atoms with Crippen molar-refractivity contribution >= 4 is 61.6 Å². The quantitative estimate of drug-likeness (QED) is 0.366. The molecule has 0 unspecified atom stereocenters. The monoisotopic (exact) mass is 492 g/mol. The third-order valence-corrected chi connectivity index (χ3v) is 7.69. The maximum atomic E-state index is 12.7. The van der Waals surface area contributed by atoms with Gasteiger partial charge in [0.1, 0.15) is 0 Å². The lowest BCUT2D eigenvalue weighted by atomic mass is 10.2. The van der Waals surface area contributed by atoms with Crippen LogP contribution in [0.25, 0.3) is 10.2 Å². The van der Waals surface area contributed by atoms with Crippen LogP contribution in [0.1, 0.15) is 23.2 Å². The smallest absolute Gasteiger partial charge is 0.255 e. The summed E-state index contributed by atoms with van der Waals surface area (Å²) < 4.78 is 2.92. The van der Waals surface area contributed by atoms with Crippen LogP contribution in [0.3, 0.4) is 0 Å². The molecule has 1 aliphatic heterocycles. The highest BCUT2D eigenvalue weighted by Crippen LogP contribution is 2.32. The Morgan fingerprint density at radius 3 is 2.56 bits per heavy atom. The summed E-state index contributed by atoms with van der Waals surface area (Å²) in [7, 11) is 1.89. The summed E-state index contributed by atoms with van der Waals surface area (Å²) in [4.78, 5) is 36.2. The highest BCUT2D eigenvalue weighted by molar-refractivity contribution is 7.99. The lowest BCUT2D eigenvalue weighted by Crippen LogP contribution is -2.16. The minimum Gasteiger partial charge on any atom is -0.348 e. The van der Waals surface area contributed by atoms with Crippen molar-refractivity contribution in [3.8, 4) is 0 Å². The van der Waals surface area contributed by atoms with Gasteiger partial charge in [0, 0.05) is 49.5 Å².